The van der Waals surface area contributed by atoms with Crippen LogP contribution in [0.15, 0.2) is 65.0 Å². The Balaban J connectivity index is 1.71. The number of benzene rings is 2. The Hall–Kier alpha value is -3.76. The molecule has 0 radical (unpaired) electrons. The van der Waals surface area contributed by atoms with E-state index < -0.39 is 15.7 Å². The SMILES string of the molecule is C=CC(=O)N1C[C@H](C)N(C2=NCN(c3c(C)cc(S(C)(=O)=O)cc3C(C)C)c3nc(-c4ccccc4F)c(Cl)cc32)C[C@H]1C. The van der Waals surface area contributed by atoms with Crippen LogP contribution in [-0.2, 0) is 14.6 Å². The summed E-state index contributed by atoms with van der Waals surface area (Å²) in [6.07, 6.45) is 2.54. The van der Waals surface area contributed by atoms with Gasteiger partial charge in [-0.3, -0.25) is 4.79 Å². The van der Waals surface area contributed by atoms with Crippen LogP contribution in [0.4, 0.5) is 15.9 Å². The number of carbonyl (C=O) groups excluding carboxylic acids is 1. The molecule has 0 bridgehead atoms. The lowest BCUT2D eigenvalue weighted by atomic mass is 9.96. The molecule has 1 fully saturated rings. The summed E-state index contributed by atoms with van der Waals surface area (Å²) in [5.74, 6) is 0.648. The average Bonchev–Trinajstić information content (AvgIpc) is 2.96. The van der Waals surface area contributed by atoms with Gasteiger partial charge in [0.15, 0.2) is 9.84 Å². The van der Waals surface area contributed by atoms with E-state index >= 15 is 4.39 Å². The number of amidine groups is 1. The van der Waals surface area contributed by atoms with E-state index in [1.54, 1.807) is 41.3 Å². The fourth-order valence-electron chi connectivity index (χ4n) is 6.05. The molecular formula is C33H37ClFN5O3S. The maximum absolute atomic E-state index is 15.1. The van der Waals surface area contributed by atoms with E-state index in [-0.39, 0.29) is 46.1 Å². The van der Waals surface area contributed by atoms with Crippen molar-refractivity contribution in [3.05, 3.63) is 82.6 Å². The van der Waals surface area contributed by atoms with E-state index in [0.717, 1.165) is 16.8 Å². The maximum Gasteiger partial charge on any atom is 0.246 e. The second-order valence-corrected chi connectivity index (χ2v) is 14.3. The number of fused-ring (bicyclic) bond motifs is 1. The molecule has 1 aromatic heterocycles. The minimum absolute atomic E-state index is 0.0195. The summed E-state index contributed by atoms with van der Waals surface area (Å²) < 4.78 is 40.1. The fraction of sp³-hybridized carbons (Fsp3) is 0.364. The monoisotopic (exact) mass is 637 g/mol. The molecular weight excluding hydrogens is 601 g/mol. The highest BCUT2D eigenvalue weighted by Crippen LogP contribution is 2.43. The lowest BCUT2D eigenvalue weighted by Gasteiger charge is -2.46. The van der Waals surface area contributed by atoms with Crippen molar-refractivity contribution >= 4 is 44.7 Å². The van der Waals surface area contributed by atoms with E-state index in [2.05, 4.69) is 11.5 Å². The van der Waals surface area contributed by atoms with Crippen LogP contribution in [0.1, 0.15) is 50.3 Å². The molecule has 3 heterocycles. The summed E-state index contributed by atoms with van der Waals surface area (Å²) >= 11 is 6.85. The third-order valence-electron chi connectivity index (χ3n) is 8.28. The van der Waals surface area contributed by atoms with Crippen LogP contribution in [0.2, 0.25) is 5.02 Å². The zero-order valence-electron chi connectivity index (χ0n) is 25.8. The van der Waals surface area contributed by atoms with Gasteiger partial charge in [0.2, 0.25) is 5.91 Å². The quantitative estimate of drug-likeness (QED) is 0.304. The van der Waals surface area contributed by atoms with Crippen molar-refractivity contribution < 1.29 is 17.6 Å². The third-order valence-corrected chi connectivity index (χ3v) is 9.66. The van der Waals surface area contributed by atoms with E-state index in [4.69, 9.17) is 21.6 Å². The third kappa shape index (κ3) is 5.73. The number of aromatic nitrogens is 1. The minimum atomic E-state index is -3.45. The standard InChI is InChI=1S/C33H37ClFN5O3S/c1-8-29(41)38-16-22(6)39(17-21(38)5)32-26-15-27(34)30(24-11-9-10-12-28(24)35)37-33(26)40(18-36-32)31-20(4)13-23(44(7,42)43)14-25(31)19(2)3/h8-15,19,21-22H,1,16-18H2,2-7H3/t21-,22+/m1/s1. The predicted molar refractivity (Wildman–Crippen MR) is 174 cm³/mol. The highest BCUT2D eigenvalue weighted by atomic mass is 35.5. The molecule has 2 aromatic carbocycles. The molecule has 44 heavy (non-hydrogen) atoms. The first-order valence-corrected chi connectivity index (χ1v) is 16.8. The first-order valence-electron chi connectivity index (χ1n) is 14.5. The Morgan fingerprint density at radius 2 is 1.82 bits per heavy atom. The summed E-state index contributed by atoms with van der Waals surface area (Å²) in [6, 6.07) is 11.4. The molecule has 5 rings (SSSR count). The fourth-order valence-corrected chi connectivity index (χ4v) is 7.03. The average molecular weight is 638 g/mol. The first-order chi connectivity index (χ1) is 20.7. The van der Waals surface area contributed by atoms with Crippen molar-refractivity contribution in [1.29, 1.82) is 0 Å². The molecule has 1 saturated heterocycles. The second kappa shape index (κ2) is 12.0. The van der Waals surface area contributed by atoms with Gasteiger partial charge in [-0.25, -0.2) is 22.8 Å². The summed E-state index contributed by atoms with van der Waals surface area (Å²) in [7, 11) is -3.45. The van der Waals surface area contributed by atoms with Crippen molar-refractivity contribution in [3.63, 3.8) is 0 Å². The number of carbonyl (C=O) groups is 1. The molecule has 0 N–H and O–H groups in total. The van der Waals surface area contributed by atoms with Crippen LogP contribution < -0.4 is 4.90 Å². The zero-order chi connectivity index (χ0) is 32.1. The summed E-state index contributed by atoms with van der Waals surface area (Å²) in [6.45, 7) is 14.8. The Kier molecular flexibility index (Phi) is 8.61. The highest BCUT2D eigenvalue weighted by Gasteiger charge is 2.37. The van der Waals surface area contributed by atoms with E-state index in [9.17, 15) is 13.2 Å². The number of rotatable bonds is 5. The molecule has 2 aliphatic heterocycles. The molecule has 3 aromatic rings. The number of aryl methyl sites for hydroxylation is 1. The van der Waals surface area contributed by atoms with Crippen LogP contribution in [0.5, 0.6) is 0 Å². The molecule has 0 spiro atoms. The van der Waals surface area contributed by atoms with Gasteiger partial charge in [0.25, 0.3) is 0 Å². The van der Waals surface area contributed by atoms with Crippen LogP contribution in [0.3, 0.4) is 0 Å². The molecule has 8 nitrogen and oxygen atoms in total. The number of pyridine rings is 1. The normalized spacial score (nSPS) is 18.8. The molecule has 0 aliphatic carbocycles. The molecule has 11 heteroatoms. The number of amides is 1. The van der Waals surface area contributed by atoms with Gasteiger partial charge in [0.05, 0.1) is 26.9 Å². The van der Waals surface area contributed by atoms with Gasteiger partial charge < -0.3 is 14.7 Å². The molecule has 232 valence electrons. The lowest BCUT2D eigenvalue weighted by molar-refractivity contribution is -0.130. The van der Waals surface area contributed by atoms with E-state index in [0.29, 0.717) is 36.0 Å². The molecule has 1 amide bonds. The Morgan fingerprint density at radius 1 is 1.11 bits per heavy atom. The second-order valence-electron chi connectivity index (χ2n) is 11.9. The van der Waals surface area contributed by atoms with Crippen LogP contribution in [-0.4, -0.2) is 73.0 Å². The molecule has 0 saturated carbocycles. The first kappa shape index (κ1) is 31.7. The molecule has 2 atom stereocenters. The van der Waals surface area contributed by atoms with Gasteiger partial charge in [-0.1, -0.05) is 44.2 Å². The zero-order valence-corrected chi connectivity index (χ0v) is 27.4. The number of halogens is 2. The predicted octanol–water partition coefficient (Wildman–Crippen LogP) is 6.34. The number of anilines is 2. The van der Waals surface area contributed by atoms with Crippen molar-refractivity contribution in [1.82, 2.24) is 14.8 Å². The van der Waals surface area contributed by atoms with Gasteiger partial charge in [0.1, 0.15) is 24.1 Å². The van der Waals surface area contributed by atoms with Crippen LogP contribution >= 0.6 is 11.6 Å². The van der Waals surface area contributed by atoms with Gasteiger partial charge in [-0.05, 0) is 74.2 Å². The summed E-state index contributed by atoms with van der Waals surface area (Å²) in [4.78, 5) is 28.7. The van der Waals surface area contributed by atoms with E-state index in [1.165, 1.54) is 18.4 Å². The lowest BCUT2D eigenvalue weighted by Crippen LogP contribution is -2.59. The van der Waals surface area contributed by atoms with E-state index in [1.807, 2.05) is 39.5 Å². The number of nitrogens with zero attached hydrogens (tertiary/aromatic N) is 5. The van der Waals surface area contributed by atoms with Crippen molar-refractivity contribution in [2.24, 2.45) is 4.99 Å². The summed E-state index contributed by atoms with van der Waals surface area (Å²) in [5, 5.41) is 0.276. The van der Waals surface area contributed by atoms with Crippen molar-refractivity contribution in [3.8, 4) is 11.3 Å². The molecule has 0 unspecified atom stereocenters. The Bertz CT molecular complexity index is 1790. The highest BCUT2D eigenvalue weighted by molar-refractivity contribution is 7.90. The van der Waals surface area contributed by atoms with Gasteiger partial charge >= 0.3 is 0 Å². The topological polar surface area (TPSA) is 86.2 Å². The Labute approximate surface area is 263 Å². The molecule has 2 aliphatic rings. The maximum atomic E-state index is 15.1. The van der Waals surface area contributed by atoms with Crippen LogP contribution in [0, 0.1) is 12.7 Å². The van der Waals surface area contributed by atoms with Crippen LogP contribution in [0.25, 0.3) is 11.3 Å². The number of piperazine rings is 1. The number of aliphatic imine (C=N–C) groups is 1. The van der Waals surface area contributed by atoms with Crippen molar-refractivity contribution in [2.75, 3.05) is 30.9 Å². The van der Waals surface area contributed by atoms with Gasteiger partial charge in [0, 0.05) is 37.0 Å². The number of hydrogen-bond acceptors (Lipinski definition) is 7. The number of hydrogen-bond donors (Lipinski definition) is 0. The number of sulfone groups is 1. The summed E-state index contributed by atoms with van der Waals surface area (Å²) in [5.41, 5.74) is 3.63. The van der Waals surface area contributed by atoms with Gasteiger partial charge in [-0.15, -0.1) is 0 Å². The minimum Gasteiger partial charge on any atom is -0.350 e. The smallest absolute Gasteiger partial charge is 0.246 e. The largest absolute Gasteiger partial charge is 0.350 e. The van der Waals surface area contributed by atoms with Gasteiger partial charge in [-0.2, -0.15) is 0 Å². The Morgan fingerprint density at radius 3 is 2.45 bits per heavy atom. The van der Waals surface area contributed by atoms with Crippen molar-refractivity contribution in [2.45, 2.75) is 57.5 Å².